The highest BCUT2D eigenvalue weighted by atomic mass is 16.5. The molecule has 0 bridgehead atoms. The molecule has 0 aliphatic carbocycles. The first-order valence-electron chi connectivity index (χ1n) is 8.08. The van der Waals surface area contributed by atoms with E-state index in [1.165, 1.54) is 11.1 Å². The molecule has 2 aromatic carbocycles. The maximum atomic E-state index is 10.5. The lowest BCUT2D eigenvalue weighted by Gasteiger charge is -2.19. The van der Waals surface area contributed by atoms with Crippen molar-refractivity contribution in [1.82, 2.24) is 5.32 Å². The van der Waals surface area contributed by atoms with Crippen molar-refractivity contribution in [3.05, 3.63) is 65.2 Å². The van der Waals surface area contributed by atoms with Crippen LogP contribution >= 0.6 is 0 Å². The van der Waals surface area contributed by atoms with Gasteiger partial charge in [-0.05, 0) is 34.2 Å². The number of carbonyl (C=O) groups is 1. The second-order valence-corrected chi connectivity index (χ2v) is 6.88. The fourth-order valence-corrected chi connectivity index (χ4v) is 2.36. The summed E-state index contributed by atoms with van der Waals surface area (Å²) in [5.41, 5.74) is 3.79. The zero-order chi connectivity index (χ0) is 17.6. The number of carboxylic acids is 1. The molecule has 0 saturated carbocycles. The smallest absolute Gasteiger partial charge is 0.341 e. The zero-order valence-corrected chi connectivity index (χ0v) is 14.5. The molecule has 2 N–H and O–H groups in total. The molecule has 0 saturated heterocycles. The second kappa shape index (κ2) is 7.97. The molecule has 0 atom stereocenters. The molecule has 0 aromatic heterocycles. The van der Waals surface area contributed by atoms with Crippen molar-refractivity contribution >= 4 is 5.97 Å². The summed E-state index contributed by atoms with van der Waals surface area (Å²) in [6, 6.07) is 16.1. The summed E-state index contributed by atoms with van der Waals surface area (Å²) in [5, 5.41) is 12.0. The molecule has 0 amide bonds. The molecule has 0 fully saturated rings. The van der Waals surface area contributed by atoms with Crippen LogP contribution in [-0.2, 0) is 23.3 Å². The van der Waals surface area contributed by atoms with E-state index >= 15 is 0 Å². The van der Waals surface area contributed by atoms with E-state index in [0.717, 1.165) is 12.1 Å². The van der Waals surface area contributed by atoms with E-state index in [4.69, 9.17) is 9.84 Å². The third-order valence-electron chi connectivity index (χ3n) is 3.74. The molecule has 0 radical (unpaired) electrons. The van der Waals surface area contributed by atoms with Crippen molar-refractivity contribution < 1.29 is 14.6 Å². The van der Waals surface area contributed by atoms with E-state index in [1.54, 1.807) is 6.07 Å². The van der Waals surface area contributed by atoms with Crippen molar-refractivity contribution in [2.45, 2.75) is 39.3 Å². The van der Waals surface area contributed by atoms with Gasteiger partial charge in [-0.1, -0.05) is 57.2 Å². The number of rotatable bonds is 7. The second-order valence-electron chi connectivity index (χ2n) is 6.88. The highest BCUT2D eigenvalue weighted by molar-refractivity contribution is 5.68. The van der Waals surface area contributed by atoms with Gasteiger partial charge in [-0.25, -0.2) is 4.79 Å². The maximum Gasteiger partial charge on any atom is 0.341 e. The predicted octanol–water partition coefficient (Wildman–Crippen LogP) is 3.74. The highest BCUT2D eigenvalue weighted by Gasteiger charge is 2.12. The normalized spacial score (nSPS) is 11.3. The summed E-state index contributed by atoms with van der Waals surface area (Å²) in [5.74, 6) is -0.400. The van der Waals surface area contributed by atoms with E-state index in [-0.39, 0.29) is 12.0 Å². The fraction of sp³-hybridized carbons (Fsp3) is 0.350. The van der Waals surface area contributed by atoms with E-state index in [0.29, 0.717) is 12.3 Å². The topological polar surface area (TPSA) is 58.6 Å². The van der Waals surface area contributed by atoms with Gasteiger partial charge in [0.05, 0.1) is 0 Å². The predicted molar refractivity (Wildman–Crippen MR) is 95.3 cm³/mol. The number of aliphatic carboxylic acids is 1. The SMILES string of the molecule is CC(C)(C)c1ccc(CNCc2cccc(OCC(=O)O)c2)cc1. The Morgan fingerprint density at radius 3 is 2.33 bits per heavy atom. The molecule has 24 heavy (non-hydrogen) atoms. The Morgan fingerprint density at radius 2 is 1.71 bits per heavy atom. The van der Waals surface area contributed by atoms with Crippen LogP contribution in [0.15, 0.2) is 48.5 Å². The third kappa shape index (κ3) is 5.70. The van der Waals surface area contributed by atoms with E-state index in [9.17, 15) is 4.79 Å². The van der Waals surface area contributed by atoms with Gasteiger partial charge in [-0.15, -0.1) is 0 Å². The van der Waals surface area contributed by atoms with E-state index in [2.05, 4.69) is 50.4 Å². The van der Waals surface area contributed by atoms with Gasteiger partial charge in [0.1, 0.15) is 5.75 Å². The molecule has 2 aromatic rings. The standard InChI is InChI=1S/C20H25NO3/c1-20(2,3)17-9-7-15(8-10-17)12-21-13-16-5-4-6-18(11-16)24-14-19(22)23/h4-11,21H,12-14H2,1-3H3,(H,22,23). The Labute approximate surface area is 143 Å². The minimum Gasteiger partial charge on any atom is -0.482 e. The molecule has 4 heteroatoms. The van der Waals surface area contributed by atoms with Crippen LogP contribution in [0.25, 0.3) is 0 Å². The molecule has 0 heterocycles. The first-order chi connectivity index (χ1) is 11.3. The Morgan fingerprint density at radius 1 is 1.04 bits per heavy atom. The lowest BCUT2D eigenvalue weighted by molar-refractivity contribution is -0.139. The fourth-order valence-electron chi connectivity index (χ4n) is 2.36. The Bertz CT molecular complexity index is 672. The van der Waals surface area contributed by atoms with Crippen LogP contribution < -0.4 is 10.1 Å². The largest absolute Gasteiger partial charge is 0.482 e. The average Bonchev–Trinajstić information content (AvgIpc) is 2.53. The van der Waals surface area contributed by atoms with Crippen molar-refractivity contribution in [3.8, 4) is 5.75 Å². The van der Waals surface area contributed by atoms with Gasteiger partial charge in [0.2, 0.25) is 0 Å². The average molecular weight is 327 g/mol. The number of nitrogens with one attached hydrogen (secondary N) is 1. The molecule has 0 unspecified atom stereocenters. The summed E-state index contributed by atoms with van der Waals surface area (Å²) in [4.78, 5) is 10.5. The monoisotopic (exact) mass is 327 g/mol. The van der Waals surface area contributed by atoms with Crippen LogP contribution in [-0.4, -0.2) is 17.7 Å². The van der Waals surface area contributed by atoms with Gasteiger partial charge in [0, 0.05) is 13.1 Å². The summed E-state index contributed by atoms with van der Waals surface area (Å²) < 4.78 is 5.19. The molecular weight excluding hydrogens is 302 g/mol. The molecule has 0 aliphatic rings. The van der Waals surface area contributed by atoms with Gasteiger partial charge in [-0.3, -0.25) is 0 Å². The minimum absolute atomic E-state index is 0.169. The lowest BCUT2D eigenvalue weighted by Crippen LogP contribution is -2.14. The van der Waals surface area contributed by atoms with Crippen molar-refractivity contribution in [3.63, 3.8) is 0 Å². The summed E-state index contributed by atoms with van der Waals surface area (Å²) in [6.45, 7) is 7.78. The molecule has 0 aliphatic heterocycles. The van der Waals surface area contributed by atoms with Crippen molar-refractivity contribution in [1.29, 1.82) is 0 Å². The molecular formula is C20H25NO3. The van der Waals surface area contributed by atoms with E-state index < -0.39 is 5.97 Å². The lowest BCUT2D eigenvalue weighted by atomic mass is 9.87. The van der Waals surface area contributed by atoms with Gasteiger partial charge in [-0.2, -0.15) is 0 Å². The first-order valence-corrected chi connectivity index (χ1v) is 8.08. The molecule has 0 spiro atoms. The quantitative estimate of drug-likeness (QED) is 0.813. The molecule has 4 nitrogen and oxygen atoms in total. The van der Waals surface area contributed by atoms with Crippen LogP contribution in [0.5, 0.6) is 5.75 Å². The Hall–Kier alpha value is -2.33. The molecule has 128 valence electrons. The number of carboxylic acid groups (broad SMARTS) is 1. The van der Waals surface area contributed by atoms with Gasteiger partial charge >= 0.3 is 5.97 Å². The van der Waals surface area contributed by atoms with Crippen LogP contribution in [0.4, 0.5) is 0 Å². The van der Waals surface area contributed by atoms with Gasteiger partial charge < -0.3 is 15.2 Å². The Balaban J connectivity index is 1.85. The summed E-state index contributed by atoms with van der Waals surface area (Å²) in [7, 11) is 0. The highest BCUT2D eigenvalue weighted by Crippen LogP contribution is 2.22. The number of hydrogen-bond acceptors (Lipinski definition) is 3. The Kier molecular flexibility index (Phi) is 5.99. The maximum absolute atomic E-state index is 10.5. The van der Waals surface area contributed by atoms with E-state index in [1.807, 2.05) is 18.2 Å². The van der Waals surface area contributed by atoms with Crippen LogP contribution in [0.2, 0.25) is 0 Å². The zero-order valence-electron chi connectivity index (χ0n) is 14.5. The van der Waals surface area contributed by atoms with Crippen LogP contribution in [0.3, 0.4) is 0 Å². The van der Waals surface area contributed by atoms with Crippen LogP contribution in [0, 0.1) is 0 Å². The van der Waals surface area contributed by atoms with Crippen molar-refractivity contribution in [2.75, 3.05) is 6.61 Å². The number of benzene rings is 2. The summed E-state index contributed by atoms with van der Waals surface area (Å²) in [6.07, 6.45) is 0. The number of hydrogen-bond donors (Lipinski definition) is 2. The van der Waals surface area contributed by atoms with Crippen LogP contribution in [0.1, 0.15) is 37.5 Å². The minimum atomic E-state index is -0.975. The van der Waals surface area contributed by atoms with Gasteiger partial charge in [0.15, 0.2) is 6.61 Å². The van der Waals surface area contributed by atoms with Gasteiger partial charge in [0.25, 0.3) is 0 Å². The summed E-state index contributed by atoms with van der Waals surface area (Å²) >= 11 is 0. The first kappa shape index (κ1) is 18.0. The number of ether oxygens (including phenoxy) is 1. The van der Waals surface area contributed by atoms with Crippen molar-refractivity contribution in [2.24, 2.45) is 0 Å². The third-order valence-corrected chi connectivity index (χ3v) is 3.74. The molecule has 2 rings (SSSR count).